The molecule has 0 saturated carbocycles. The van der Waals surface area contributed by atoms with E-state index in [0.717, 1.165) is 12.0 Å². The molecule has 0 aliphatic heterocycles. The molecule has 1 aromatic carbocycles. The van der Waals surface area contributed by atoms with Crippen molar-refractivity contribution >= 4 is 0 Å². The van der Waals surface area contributed by atoms with E-state index in [1.807, 2.05) is 12.1 Å². The lowest BCUT2D eigenvalue weighted by Crippen LogP contribution is -2.19. The molecule has 84 valence electrons. The summed E-state index contributed by atoms with van der Waals surface area (Å²) in [5.41, 5.74) is 8.52. The molecule has 0 fully saturated rings. The van der Waals surface area contributed by atoms with Crippen LogP contribution in [0.3, 0.4) is 0 Å². The van der Waals surface area contributed by atoms with Gasteiger partial charge in [0.05, 0.1) is 0 Å². The minimum Gasteiger partial charge on any atom is -0.324 e. The predicted molar refractivity (Wildman–Crippen MR) is 62.3 cm³/mol. The largest absolute Gasteiger partial charge is 0.324 e. The molecule has 0 amide bonds. The highest BCUT2D eigenvalue weighted by Crippen LogP contribution is 2.25. The molecule has 1 rings (SSSR count). The molecule has 2 N–H and O–H groups in total. The lowest BCUT2D eigenvalue weighted by molar-refractivity contribution is 0.455. The summed E-state index contributed by atoms with van der Waals surface area (Å²) in [5.74, 6) is 0.310. The zero-order chi connectivity index (χ0) is 11.6. The molecule has 0 aromatic heterocycles. The van der Waals surface area contributed by atoms with Gasteiger partial charge in [0, 0.05) is 6.04 Å². The first-order valence-electron chi connectivity index (χ1n) is 5.49. The van der Waals surface area contributed by atoms with Crippen molar-refractivity contribution in [1.82, 2.24) is 0 Å². The Morgan fingerprint density at radius 3 is 2.13 bits per heavy atom. The maximum atomic E-state index is 13.4. The van der Waals surface area contributed by atoms with Gasteiger partial charge in [-0.2, -0.15) is 0 Å². The molecule has 15 heavy (non-hydrogen) atoms. The van der Waals surface area contributed by atoms with Crippen LogP contribution in [0.2, 0.25) is 0 Å². The van der Waals surface area contributed by atoms with Crippen molar-refractivity contribution in [3.8, 4) is 0 Å². The van der Waals surface area contributed by atoms with Gasteiger partial charge in [0.25, 0.3) is 0 Å². The molecule has 1 nitrogen and oxygen atoms in total. The maximum absolute atomic E-state index is 13.4. The summed E-state index contributed by atoms with van der Waals surface area (Å²) in [6.45, 7) is 7.82. The quantitative estimate of drug-likeness (QED) is 0.810. The van der Waals surface area contributed by atoms with Crippen LogP contribution in [0.5, 0.6) is 0 Å². The lowest BCUT2D eigenvalue weighted by Gasteiger charge is -2.20. The smallest absolute Gasteiger partial charge is 0.129 e. The van der Waals surface area contributed by atoms with Crippen LogP contribution in [-0.2, 0) is 0 Å². The molecule has 2 heteroatoms. The number of aryl methyl sites for hydroxylation is 2. The average molecular weight is 209 g/mol. The molecule has 2 atom stereocenters. The van der Waals surface area contributed by atoms with E-state index in [0.29, 0.717) is 17.0 Å². The summed E-state index contributed by atoms with van der Waals surface area (Å²) in [7, 11) is 0. The first-order chi connectivity index (χ1) is 6.97. The lowest BCUT2D eigenvalue weighted by atomic mass is 9.91. The molecule has 0 radical (unpaired) electrons. The number of hydrogen-bond donors (Lipinski definition) is 1. The summed E-state index contributed by atoms with van der Waals surface area (Å²) < 4.78 is 13.4. The van der Waals surface area contributed by atoms with Gasteiger partial charge in [-0.15, -0.1) is 0 Å². The number of rotatable bonds is 3. The van der Waals surface area contributed by atoms with Crippen LogP contribution in [0.4, 0.5) is 4.39 Å². The Bertz CT molecular complexity index is 323. The third-order valence-electron chi connectivity index (χ3n) is 3.10. The topological polar surface area (TPSA) is 26.0 Å². The summed E-state index contributed by atoms with van der Waals surface area (Å²) in [4.78, 5) is 0. The Morgan fingerprint density at radius 1 is 1.27 bits per heavy atom. The molecule has 1 aromatic rings. The van der Waals surface area contributed by atoms with Gasteiger partial charge >= 0.3 is 0 Å². The summed E-state index contributed by atoms with van der Waals surface area (Å²) in [5, 5.41) is 0. The minimum absolute atomic E-state index is 0.00741. The van der Waals surface area contributed by atoms with Gasteiger partial charge in [0.1, 0.15) is 5.82 Å². The van der Waals surface area contributed by atoms with Gasteiger partial charge in [-0.25, -0.2) is 4.39 Å². The Balaban J connectivity index is 3.06. The minimum atomic E-state index is -0.116. The van der Waals surface area contributed by atoms with E-state index in [4.69, 9.17) is 5.73 Å². The first-order valence-corrected chi connectivity index (χ1v) is 5.49. The summed E-state index contributed by atoms with van der Waals surface area (Å²) in [6.07, 6.45) is 1.04. The molecular formula is C13H20FN. The van der Waals surface area contributed by atoms with Gasteiger partial charge < -0.3 is 5.73 Å². The van der Waals surface area contributed by atoms with Crippen LogP contribution < -0.4 is 5.73 Å². The van der Waals surface area contributed by atoms with Crippen LogP contribution in [-0.4, -0.2) is 0 Å². The van der Waals surface area contributed by atoms with E-state index < -0.39 is 0 Å². The number of benzene rings is 1. The molecule has 0 aliphatic carbocycles. The molecule has 0 bridgehead atoms. The molecular weight excluding hydrogens is 189 g/mol. The van der Waals surface area contributed by atoms with Crippen molar-refractivity contribution in [3.63, 3.8) is 0 Å². The van der Waals surface area contributed by atoms with Gasteiger partial charge in [0.15, 0.2) is 0 Å². The van der Waals surface area contributed by atoms with Crippen molar-refractivity contribution in [1.29, 1.82) is 0 Å². The molecule has 0 aliphatic rings. The molecule has 0 saturated heterocycles. The van der Waals surface area contributed by atoms with E-state index >= 15 is 0 Å². The highest BCUT2D eigenvalue weighted by atomic mass is 19.1. The van der Waals surface area contributed by atoms with Crippen LogP contribution >= 0.6 is 0 Å². The zero-order valence-corrected chi connectivity index (χ0v) is 9.97. The average Bonchev–Trinajstić information content (AvgIpc) is 2.23. The zero-order valence-electron chi connectivity index (χ0n) is 9.97. The standard InChI is InChI=1S/C13H20FN/c1-5-8(2)13(15)11-6-9(3)12(14)10(4)7-11/h6-8,13H,5,15H2,1-4H3. The van der Waals surface area contributed by atoms with E-state index in [1.165, 1.54) is 0 Å². The molecule has 2 unspecified atom stereocenters. The second-order valence-corrected chi connectivity index (χ2v) is 4.38. The number of hydrogen-bond acceptors (Lipinski definition) is 1. The van der Waals surface area contributed by atoms with Gasteiger partial charge in [-0.05, 0) is 36.5 Å². The van der Waals surface area contributed by atoms with Crippen LogP contribution in [0.25, 0.3) is 0 Å². The second kappa shape index (κ2) is 4.75. The third-order valence-corrected chi connectivity index (χ3v) is 3.10. The van der Waals surface area contributed by atoms with Crippen molar-refractivity contribution in [3.05, 3.63) is 34.6 Å². The Kier molecular flexibility index (Phi) is 3.86. The monoisotopic (exact) mass is 209 g/mol. The van der Waals surface area contributed by atoms with Crippen LogP contribution in [0, 0.1) is 25.6 Å². The SMILES string of the molecule is CCC(C)C(N)c1cc(C)c(F)c(C)c1. The van der Waals surface area contributed by atoms with Gasteiger partial charge in [0.2, 0.25) is 0 Å². The fraction of sp³-hybridized carbons (Fsp3) is 0.538. The van der Waals surface area contributed by atoms with Crippen LogP contribution in [0.15, 0.2) is 12.1 Å². The normalized spacial score (nSPS) is 15.1. The molecule has 0 spiro atoms. The number of nitrogens with two attached hydrogens (primary N) is 1. The maximum Gasteiger partial charge on any atom is 0.129 e. The van der Waals surface area contributed by atoms with E-state index in [-0.39, 0.29) is 11.9 Å². The Morgan fingerprint density at radius 2 is 1.73 bits per heavy atom. The predicted octanol–water partition coefficient (Wildman–Crippen LogP) is 3.49. The van der Waals surface area contributed by atoms with E-state index in [9.17, 15) is 4.39 Å². The van der Waals surface area contributed by atoms with Crippen molar-refractivity contribution in [2.75, 3.05) is 0 Å². The van der Waals surface area contributed by atoms with E-state index in [1.54, 1.807) is 13.8 Å². The second-order valence-electron chi connectivity index (χ2n) is 4.38. The highest BCUT2D eigenvalue weighted by molar-refractivity contribution is 5.32. The fourth-order valence-electron chi connectivity index (χ4n) is 1.75. The summed E-state index contributed by atoms with van der Waals surface area (Å²) in [6, 6.07) is 3.73. The van der Waals surface area contributed by atoms with Gasteiger partial charge in [-0.3, -0.25) is 0 Å². The fourth-order valence-corrected chi connectivity index (χ4v) is 1.75. The van der Waals surface area contributed by atoms with Crippen molar-refractivity contribution < 1.29 is 4.39 Å². The van der Waals surface area contributed by atoms with Crippen molar-refractivity contribution in [2.24, 2.45) is 11.7 Å². The third kappa shape index (κ3) is 2.57. The number of halogens is 1. The molecule has 0 heterocycles. The van der Waals surface area contributed by atoms with E-state index in [2.05, 4.69) is 13.8 Å². The van der Waals surface area contributed by atoms with Gasteiger partial charge in [-0.1, -0.05) is 32.4 Å². The van der Waals surface area contributed by atoms with Crippen LogP contribution in [0.1, 0.15) is 43.0 Å². The highest BCUT2D eigenvalue weighted by Gasteiger charge is 2.15. The van der Waals surface area contributed by atoms with Crippen molar-refractivity contribution in [2.45, 2.75) is 40.2 Å². The summed E-state index contributed by atoms with van der Waals surface area (Å²) >= 11 is 0. The Hall–Kier alpha value is -0.890. The Labute approximate surface area is 91.5 Å². The first kappa shape index (κ1) is 12.2.